The molecular formula is C13H13NO3. The van der Waals surface area contributed by atoms with Crippen LogP contribution in [0.3, 0.4) is 0 Å². The molecule has 88 valence electrons. The Balaban J connectivity index is 2.54. The number of aromatic hydroxyl groups is 1. The summed E-state index contributed by atoms with van der Waals surface area (Å²) in [5.41, 5.74) is 2.36. The van der Waals surface area contributed by atoms with Gasteiger partial charge in [-0.15, -0.1) is 0 Å². The largest absolute Gasteiger partial charge is 0.505 e. The monoisotopic (exact) mass is 231 g/mol. The van der Waals surface area contributed by atoms with Crippen molar-refractivity contribution >= 4 is 5.97 Å². The van der Waals surface area contributed by atoms with Crippen molar-refractivity contribution in [1.82, 2.24) is 4.98 Å². The van der Waals surface area contributed by atoms with E-state index in [1.165, 1.54) is 7.11 Å². The molecule has 2 aromatic rings. The van der Waals surface area contributed by atoms with Gasteiger partial charge in [-0.1, -0.05) is 30.3 Å². The van der Waals surface area contributed by atoms with Gasteiger partial charge >= 0.3 is 5.97 Å². The molecule has 0 unspecified atom stereocenters. The van der Waals surface area contributed by atoms with E-state index in [2.05, 4.69) is 9.72 Å². The van der Waals surface area contributed by atoms with Gasteiger partial charge in [-0.3, -0.25) is 0 Å². The lowest BCUT2D eigenvalue weighted by Gasteiger charge is -1.98. The van der Waals surface area contributed by atoms with Crippen LogP contribution in [0.5, 0.6) is 5.75 Å². The van der Waals surface area contributed by atoms with Gasteiger partial charge in [0.05, 0.1) is 12.8 Å². The van der Waals surface area contributed by atoms with Gasteiger partial charge in [0.2, 0.25) is 0 Å². The Morgan fingerprint density at radius 1 is 1.29 bits per heavy atom. The molecule has 2 N–H and O–H groups in total. The van der Waals surface area contributed by atoms with Gasteiger partial charge in [0.25, 0.3) is 0 Å². The van der Waals surface area contributed by atoms with Crippen molar-refractivity contribution in [2.24, 2.45) is 0 Å². The van der Waals surface area contributed by atoms with Crippen molar-refractivity contribution in [2.75, 3.05) is 7.11 Å². The molecule has 0 saturated heterocycles. The summed E-state index contributed by atoms with van der Waals surface area (Å²) in [6, 6.07) is 9.50. The van der Waals surface area contributed by atoms with Crippen molar-refractivity contribution in [2.45, 2.75) is 6.92 Å². The van der Waals surface area contributed by atoms with E-state index < -0.39 is 5.97 Å². The SMILES string of the molecule is COC(=O)c1[nH]c(-c2ccccc2)c(C)c1O. The standard InChI is InChI=1S/C13H13NO3/c1-8-10(9-6-4-3-5-7-9)14-11(12(8)15)13(16)17-2/h3-7,14-15H,1-2H3. The Morgan fingerprint density at radius 2 is 1.94 bits per heavy atom. The number of ether oxygens (including phenoxy) is 1. The van der Waals surface area contributed by atoms with Gasteiger partial charge in [0, 0.05) is 5.56 Å². The van der Waals surface area contributed by atoms with Gasteiger partial charge < -0.3 is 14.8 Å². The fourth-order valence-electron chi connectivity index (χ4n) is 1.73. The normalized spacial score (nSPS) is 10.2. The lowest BCUT2D eigenvalue weighted by Crippen LogP contribution is -2.01. The Hall–Kier alpha value is -2.23. The summed E-state index contributed by atoms with van der Waals surface area (Å²) in [4.78, 5) is 14.3. The fourth-order valence-corrected chi connectivity index (χ4v) is 1.73. The van der Waals surface area contributed by atoms with Crippen LogP contribution in [-0.2, 0) is 4.74 Å². The number of hydrogen-bond acceptors (Lipinski definition) is 3. The highest BCUT2D eigenvalue weighted by atomic mass is 16.5. The van der Waals surface area contributed by atoms with E-state index in [0.717, 1.165) is 11.3 Å². The molecule has 4 heteroatoms. The Kier molecular flexibility index (Phi) is 2.87. The maximum absolute atomic E-state index is 11.4. The molecule has 0 radical (unpaired) electrons. The number of nitrogens with one attached hydrogen (secondary N) is 1. The summed E-state index contributed by atoms with van der Waals surface area (Å²) in [7, 11) is 1.28. The molecule has 0 spiro atoms. The summed E-state index contributed by atoms with van der Waals surface area (Å²) < 4.78 is 4.59. The molecule has 2 rings (SSSR count). The number of aromatic nitrogens is 1. The molecule has 0 aliphatic heterocycles. The molecular weight excluding hydrogens is 218 g/mol. The van der Waals surface area contributed by atoms with Crippen LogP contribution < -0.4 is 0 Å². The second-order valence-corrected chi connectivity index (χ2v) is 3.71. The number of carbonyl (C=O) groups is 1. The average molecular weight is 231 g/mol. The van der Waals surface area contributed by atoms with Gasteiger partial charge in [-0.25, -0.2) is 4.79 Å². The van der Waals surface area contributed by atoms with Crippen molar-refractivity contribution < 1.29 is 14.6 Å². The van der Waals surface area contributed by atoms with Gasteiger partial charge in [-0.2, -0.15) is 0 Å². The zero-order valence-corrected chi connectivity index (χ0v) is 9.65. The lowest BCUT2D eigenvalue weighted by atomic mass is 10.1. The molecule has 0 amide bonds. The molecule has 0 atom stereocenters. The third-order valence-corrected chi connectivity index (χ3v) is 2.67. The van der Waals surface area contributed by atoms with Gasteiger partial charge in [0.15, 0.2) is 11.4 Å². The first-order valence-corrected chi connectivity index (χ1v) is 5.20. The van der Waals surface area contributed by atoms with E-state index in [4.69, 9.17) is 0 Å². The van der Waals surface area contributed by atoms with Crippen LogP contribution in [0.25, 0.3) is 11.3 Å². The molecule has 1 aromatic carbocycles. The van der Waals surface area contributed by atoms with Crippen molar-refractivity contribution in [3.63, 3.8) is 0 Å². The minimum absolute atomic E-state index is 0.0595. The number of rotatable bonds is 2. The van der Waals surface area contributed by atoms with Crippen LogP contribution in [0.1, 0.15) is 16.1 Å². The third-order valence-electron chi connectivity index (χ3n) is 2.67. The molecule has 0 aliphatic carbocycles. The van der Waals surface area contributed by atoms with Crippen LogP contribution in [0, 0.1) is 6.92 Å². The predicted molar refractivity (Wildman–Crippen MR) is 64.0 cm³/mol. The van der Waals surface area contributed by atoms with Crippen molar-refractivity contribution in [3.8, 4) is 17.0 Å². The maximum Gasteiger partial charge on any atom is 0.358 e. The second kappa shape index (κ2) is 4.33. The minimum Gasteiger partial charge on any atom is -0.505 e. The zero-order chi connectivity index (χ0) is 12.4. The molecule has 0 bridgehead atoms. The maximum atomic E-state index is 11.4. The molecule has 1 aromatic heterocycles. The van der Waals surface area contributed by atoms with Crippen molar-refractivity contribution in [1.29, 1.82) is 0 Å². The van der Waals surface area contributed by atoms with E-state index in [1.807, 2.05) is 30.3 Å². The average Bonchev–Trinajstić information content (AvgIpc) is 2.67. The topological polar surface area (TPSA) is 62.3 Å². The summed E-state index contributed by atoms with van der Waals surface area (Å²) >= 11 is 0. The number of carbonyl (C=O) groups excluding carboxylic acids is 1. The van der Waals surface area contributed by atoms with Crippen LogP contribution in [0.2, 0.25) is 0 Å². The fraction of sp³-hybridized carbons (Fsp3) is 0.154. The van der Waals surface area contributed by atoms with Crippen LogP contribution >= 0.6 is 0 Å². The second-order valence-electron chi connectivity index (χ2n) is 3.71. The summed E-state index contributed by atoms with van der Waals surface area (Å²) in [5, 5.41) is 9.85. The molecule has 1 heterocycles. The van der Waals surface area contributed by atoms with Crippen LogP contribution in [0.4, 0.5) is 0 Å². The quantitative estimate of drug-likeness (QED) is 0.780. The van der Waals surface area contributed by atoms with E-state index in [1.54, 1.807) is 6.92 Å². The molecule has 0 aliphatic rings. The Labute approximate surface area is 98.9 Å². The predicted octanol–water partition coefficient (Wildman–Crippen LogP) is 2.48. The minimum atomic E-state index is -0.576. The highest BCUT2D eigenvalue weighted by molar-refractivity contribution is 5.93. The highest BCUT2D eigenvalue weighted by Crippen LogP contribution is 2.32. The highest BCUT2D eigenvalue weighted by Gasteiger charge is 2.20. The summed E-state index contributed by atoms with van der Waals surface area (Å²) in [6.45, 7) is 1.75. The molecule has 0 fully saturated rings. The van der Waals surface area contributed by atoms with E-state index in [-0.39, 0.29) is 11.4 Å². The van der Waals surface area contributed by atoms with E-state index in [0.29, 0.717) is 5.56 Å². The third kappa shape index (κ3) is 1.89. The van der Waals surface area contributed by atoms with Gasteiger partial charge in [0.1, 0.15) is 0 Å². The molecule has 0 saturated carbocycles. The number of aromatic amines is 1. The number of hydrogen-bond donors (Lipinski definition) is 2. The number of esters is 1. The van der Waals surface area contributed by atoms with Crippen LogP contribution in [0.15, 0.2) is 30.3 Å². The zero-order valence-electron chi connectivity index (χ0n) is 9.65. The smallest absolute Gasteiger partial charge is 0.358 e. The Bertz CT molecular complexity index is 543. The van der Waals surface area contributed by atoms with E-state index >= 15 is 0 Å². The number of H-pyrrole nitrogens is 1. The first kappa shape index (κ1) is 11.3. The van der Waals surface area contributed by atoms with E-state index in [9.17, 15) is 9.90 Å². The Morgan fingerprint density at radius 3 is 2.53 bits per heavy atom. The first-order valence-electron chi connectivity index (χ1n) is 5.20. The lowest BCUT2D eigenvalue weighted by molar-refractivity contribution is 0.0591. The van der Waals surface area contributed by atoms with Crippen LogP contribution in [-0.4, -0.2) is 23.2 Å². The molecule has 4 nitrogen and oxygen atoms in total. The number of methoxy groups -OCH3 is 1. The van der Waals surface area contributed by atoms with Gasteiger partial charge in [-0.05, 0) is 12.5 Å². The summed E-state index contributed by atoms with van der Waals surface area (Å²) in [5.74, 6) is -0.636. The first-order chi connectivity index (χ1) is 8.15. The summed E-state index contributed by atoms with van der Waals surface area (Å²) in [6.07, 6.45) is 0. The number of benzene rings is 1. The van der Waals surface area contributed by atoms with Crippen molar-refractivity contribution in [3.05, 3.63) is 41.6 Å². The molecule has 17 heavy (non-hydrogen) atoms.